The van der Waals surface area contributed by atoms with Crippen LogP contribution < -0.4 is 0 Å². The van der Waals surface area contributed by atoms with Crippen molar-refractivity contribution in [3.63, 3.8) is 0 Å². The van der Waals surface area contributed by atoms with Crippen molar-refractivity contribution < 1.29 is 0 Å². The fourth-order valence-corrected chi connectivity index (χ4v) is 2.86. The molecule has 0 saturated heterocycles. The third-order valence-corrected chi connectivity index (χ3v) is 3.88. The standard InChI is InChI=1S/C14H9BrN2S/c15-12-9-5-4-8-11(12)14-13(16-18-17-14)10-6-2-1-3-7-10/h1-9H. The first kappa shape index (κ1) is 11.6. The first-order chi connectivity index (χ1) is 8.86. The molecule has 3 aromatic rings. The Morgan fingerprint density at radius 1 is 0.778 bits per heavy atom. The highest BCUT2D eigenvalue weighted by atomic mass is 79.9. The maximum absolute atomic E-state index is 4.42. The molecule has 1 heterocycles. The first-order valence-corrected chi connectivity index (χ1v) is 7.01. The van der Waals surface area contributed by atoms with Gasteiger partial charge in [-0.1, -0.05) is 64.5 Å². The summed E-state index contributed by atoms with van der Waals surface area (Å²) < 4.78 is 9.87. The van der Waals surface area contributed by atoms with Gasteiger partial charge in [0.05, 0.1) is 11.7 Å². The minimum absolute atomic E-state index is 0.929. The second-order valence-corrected chi connectivity index (χ2v) is 5.19. The van der Waals surface area contributed by atoms with E-state index < -0.39 is 0 Å². The average molecular weight is 317 g/mol. The number of halogens is 1. The molecule has 1 aromatic heterocycles. The van der Waals surface area contributed by atoms with E-state index in [9.17, 15) is 0 Å². The van der Waals surface area contributed by atoms with E-state index in [0.29, 0.717) is 0 Å². The lowest BCUT2D eigenvalue weighted by molar-refractivity contribution is 1.46. The lowest BCUT2D eigenvalue weighted by Gasteiger charge is -2.03. The zero-order valence-electron chi connectivity index (χ0n) is 9.38. The minimum Gasteiger partial charge on any atom is -0.172 e. The summed E-state index contributed by atoms with van der Waals surface area (Å²) in [6.07, 6.45) is 0. The number of aromatic nitrogens is 2. The first-order valence-electron chi connectivity index (χ1n) is 5.49. The summed E-state index contributed by atoms with van der Waals surface area (Å²) in [5, 5.41) is 0. The molecule has 0 spiro atoms. The minimum atomic E-state index is 0.929. The van der Waals surface area contributed by atoms with E-state index in [4.69, 9.17) is 0 Å². The molecular formula is C14H9BrN2S. The molecule has 18 heavy (non-hydrogen) atoms. The van der Waals surface area contributed by atoms with Gasteiger partial charge in [-0.15, -0.1) is 0 Å². The number of nitrogens with zero attached hydrogens (tertiary/aromatic N) is 2. The third-order valence-electron chi connectivity index (χ3n) is 2.66. The summed E-state index contributed by atoms with van der Waals surface area (Å²) >= 11 is 4.81. The quantitative estimate of drug-likeness (QED) is 0.688. The normalized spacial score (nSPS) is 10.5. The Morgan fingerprint density at radius 3 is 2.22 bits per heavy atom. The van der Waals surface area contributed by atoms with Crippen molar-refractivity contribution in [3.05, 3.63) is 59.1 Å². The molecule has 0 amide bonds. The van der Waals surface area contributed by atoms with Gasteiger partial charge in [0.1, 0.15) is 11.4 Å². The van der Waals surface area contributed by atoms with Crippen LogP contribution >= 0.6 is 27.7 Å². The molecular weight excluding hydrogens is 308 g/mol. The van der Waals surface area contributed by atoms with Crippen molar-refractivity contribution in [2.75, 3.05) is 0 Å². The van der Waals surface area contributed by atoms with Crippen LogP contribution in [0.25, 0.3) is 22.5 Å². The molecule has 0 fully saturated rings. The third kappa shape index (κ3) is 2.09. The molecule has 0 bridgehead atoms. The summed E-state index contributed by atoms with van der Waals surface area (Å²) in [7, 11) is 0. The molecule has 0 atom stereocenters. The fourth-order valence-electron chi connectivity index (χ4n) is 1.80. The summed E-state index contributed by atoms with van der Waals surface area (Å²) in [6.45, 7) is 0. The van der Waals surface area contributed by atoms with Crippen LogP contribution in [0.2, 0.25) is 0 Å². The van der Waals surface area contributed by atoms with Crippen LogP contribution in [0.15, 0.2) is 59.1 Å². The predicted molar refractivity (Wildman–Crippen MR) is 78.5 cm³/mol. The van der Waals surface area contributed by atoms with E-state index in [-0.39, 0.29) is 0 Å². The lowest BCUT2D eigenvalue weighted by atomic mass is 10.1. The molecule has 2 nitrogen and oxygen atoms in total. The van der Waals surface area contributed by atoms with Gasteiger partial charge in [0, 0.05) is 15.6 Å². The smallest absolute Gasteiger partial charge is 0.113 e. The molecule has 0 saturated carbocycles. The zero-order valence-corrected chi connectivity index (χ0v) is 11.8. The second-order valence-electron chi connectivity index (χ2n) is 3.81. The van der Waals surface area contributed by atoms with Crippen molar-refractivity contribution in [2.24, 2.45) is 0 Å². The fraction of sp³-hybridized carbons (Fsp3) is 0. The van der Waals surface area contributed by atoms with E-state index >= 15 is 0 Å². The molecule has 3 rings (SSSR count). The van der Waals surface area contributed by atoms with Gasteiger partial charge in [0.15, 0.2) is 0 Å². The molecule has 0 aliphatic rings. The molecule has 0 radical (unpaired) electrons. The van der Waals surface area contributed by atoms with E-state index in [1.807, 2.05) is 42.5 Å². The molecule has 4 heteroatoms. The van der Waals surface area contributed by atoms with Gasteiger partial charge >= 0.3 is 0 Å². The summed E-state index contributed by atoms with van der Waals surface area (Å²) in [5.74, 6) is 0. The Balaban J connectivity index is 2.16. The number of rotatable bonds is 2. The zero-order chi connectivity index (χ0) is 12.4. The topological polar surface area (TPSA) is 25.8 Å². The maximum atomic E-state index is 4.42. The maximum Gasteiger partial charge on any atom is 0.113 e. The van der Waals surface area contributed by atoms with Crippen LogP contribution in [-0.2, 0) is 0 Å². The van der Waals surface area contributed by atoms with Crippen molar-refractivity contribution in [1.29, 1.82) is 0 Å². The highest BCUT2D eigenvalue weighted by Gasteiger charge is 2.14. The van der Waals surface area contributed by atoms with Gasteiger partial charge in [-0.25, -0.2) is 0 Å². The van der Waals surface area contributed by atoms with Gasteiger partial charge in [0.2, 0.25) is 0 Å². The van der Waals surface area contributed by atoms with Crippen LogP contribution in [0.4, 0.5) is 0 Å². The molecule has 0 aliphatic heterocycles. The van der Waals surface area contributed by atoms with Crippen LogP contribution in [0.3, 0.4) is 0 Å². The van der Waals surface area contributed by atoms with Gasteiger partial charge in [-0.2, -0.15) is 8.75 Å². The van der Waals surface area contributed by atoms with Gasteiger partial charge in [-0.3, -0.25) is 0 Å². The average Bonchev–Trinajstić information content (AvgIpc) is 2.89. The summed E-state index contributed by atoms with van der Waals surface area (Å²) in [4.78, 5) is 0. The van der Waals surface area contributed by atoms with E-state index in [2.05, 4.69) is 36.8 Å². The number of hydrogen-bond acceptors (Lipinski definition) is 3. The highest BCUT2D eigenvalue weighted by Crippen LogP contribution is 2.34. The molecule has 0 aliphatic carbocycles. The van der Waals surface area contributed by atoms with Gasteiger partial charge in [-0.05, 0) is 6.07 Å². The number of hydrogen-bond donors (Lipinski definition) is 0. The highest BCUT2D eigenvalue weighted by molar-refractivity contribution is 9.10. The van der Waals surface area contributed by atoms with E-state index in [0.717, 1.165) is 27.0 Å². The predicted octanol–water partition coefficient (Wildman–Crippen LogP) is 4.63. The second kappa shape index (κ2) is 5.00. The molecule has 0 unspecified atom stereocenters. The van der Waals surface area contributed by atoms with E-state index in [1.54, 1.807) is 0 Å². The monoisotopic (exact) mass is 316 g/mol. The summed E-state index contributed by atoms with van der Waals surface area (Å²) in [5.41, 5.74) is 4.04. The summed E-state index contributed by atoms with van der Waals surface area (Å²) in [6, 6.07) is 18.2. The van der Waals surface area contributed by atoms with Gasteiger partial charge < -0.3 is 0 Å². The van der Waals surface area contributed by atoms with Crippen molar-refractivity contribution in [2.45, 2.75) is 0 Å². The largest absolute Gasteiger partial charge is 0.172 e. The van der Waals surface area contributed by atoms with Crippen LogP contribution in [-0.4, -0.2) is 8.75 Å². The van der Waals surface area contributed by atoms with Crippen molar-refractivity contribution in [1.82, 2.24) is 8.75 Å². The van der Waals surface area contributed by atoms with Crippen LogP contribution in [0, 0.1) is 0 Å². The van der Waals surface area contributed by atoms with Crippen molar-refractivity contribution >= 4 is 27.7 Å². The lowest BCUT2D eigenvalue weighted by Crippen LogP contribution is -1.84. The SMILES string of the molecule is Brc1ccccc1-c1nsnc1-c1ccccc1. The molecule has 0 N–H and O–H groups in total. The van der Waals surface area contributed by atoms with Crippen molar-refractivity contribution in [3.8, 4) is 22.5 Å². The Bertz CT molecular complexity index is 664. The molecule has 2 aromatic carbocycles. The Labute approximate surface area is 118 Å². The van der Waals surface area contributed by atoms with Gasteiger partial charge in [0.25, 0.3) is 0 Å². The van der Waals surface area contributed by atoms with E-state index in [1.165, 1.54) is 11.7 Å². The Kier molecular flexibility index (Phi) is 3.21. The molecule has 88 valence electrons. The Morgan fingerprint density at radius 2 is 1.44 bits per heavy atom. The number of benzene rings is 2. The van der Waals surface area contributed by atoms with Crippen LogP contribution in [0.1, 0.15) is 0 Å². The van der Waals surface area contributed by atoms with Crippen LogP contribution in [0.5, 0.6) is 0 Å². The Hall–Kier alpha value is -1.52.